The molecule has 0 saturated heterocycles. The molecule has 0 saturated carbocycles. The van der Waals surface area contributed by atoms with E-state index in [9.17, 15) is 5.11 Å². The molecule has 0 aliphatic heterocycles. The summed E-state index contributed by atoms with van der Waals surface area (Å²) in [5.41, 5.74) is 6.27. The molecule has 2 aliphatic carbocycles. The zero-order chi connectivity index (χ0) is 17.1. The Kier molecular flexibility index (Phi) is 3.26. The van der Waals surface area contributed by atoms with Gasteiger partial charge in [-0.25, -0.2) is 0 Å². The summed E-state index contributed by atoms with van der Waals surface area (Å²) in [5.74, 6) is 1.75. The number of hydrogen-bond donors (Lipinski definition) is 1. The van der Waals surface area contributed by atoms with E-state index in [0.717, 1.165) is 22.6 Å². The van der Waals surface area contributed by atoms with Crippen LogP contribution in [-0.2, 0) is 5.60 Å². The second-order valence-electron chi connectivity index (χ2n) is 6.91. The zero-order valence-corrected chi connectivity index (χ0v) is 14.5. The maximum atomic E-state index is 11.0. The molecule has 2 aromatic rings. The summed E-state index contributed by atoms with van der Waals surface area (Å²) in [7, 11) is 3.33. The van der Waals surface area contributed by atoms with Gasteiger partial charge in [0.2, 0.25) is 0 Å². The number of fused-ring (bicyclic) bond motifs is 4. The van der Waals surface area contributed by atoms with Crippen molar-refractivity contribution in [3.05, 3.63) is 64.2 Å². The fraction of sp³-hybridized carbons (Fsp3) is 0.333. The lowest BCUT2D eigenvalue weighted by Crippen LogP contribution is -2.27. The minimum atomic E-state index is -0.833. The third kappa shape index (κ3) is 1.94. The van der Waals surface area contributed by atoms with Gasteiger partial charge in [0, 0.05) is 12.3 Å². The van der Waals surface area contributed by atoms with Crippen molar-refractivity contribution in [1.29, 1.82) is 0 Å². The van der Waals surface area contributed by atoms with Crippen molar-refractivity contribution in [1.82, 2.24) is 0 Å². The highest BCUT2D eigenvalue weighted by atomic mass is 16.5. The first-order valence-corrected chi connectivity index (χ1v) is 8.29. The Bertz CT molecular complexity index is 861. The van der Waals surface area contributed by atoms with Crippen molar-refractivity contribution in [3.63, 3.8) is 0 Å². The molecule has 2 atom stereocenters. The molecule has 0 heterocycles. The third-order valence-electron chi connectivity index (χ3n) is 5.45. The number of benzene rings is 2. The molecule has 0 fully saturated rings. The molecule has 3 nitrogen and oxygen atoms in total. The second-order valence-corrected chi connectivity index (χ2v) is 6.91. The first-order chi connectivity index (χ1) is 11.5. The summed E-state index contributed by atoms with van der Waals surface area (Å²) in [6.07, 6.45) is 0.653. The summed E-state index contributed by atoms with van der Waals surface area (Å²) < 4.78 is 11.0. The van der Waals surface area contributed by atoms with Crippen molar-refractivity contribution >= 4 is 5.57 Å². The van der Waals surface area contributed by atoms with E-state index in [4.69, 9.17) is 9.47 Å². The van der Waals surface area contributed by atoms with E-state index in [1.807, 2.05) is 25.1 Å². The van der Waals surface area contributed by atoms with E-state index in [2.05, 4.69) is 25.1 Å². The topological polar surface area (TPSA) is 38.7 Å². The van der Waals surface area contributed by atoms with E-state index in [0.29, 0.717) is 6.42 Å². The summed E-state index contributed by atoms with van der Waals surface area (Å²) in [6.45, 7) is 4.11. The van der Waals surface area contributed by atoms with Crippen LogP contribution in [0, 0.1) is 0 Å². The monoisotopic (exact) mass is 322 g/mol. The van der Waals surface area contributed by atoms with Gasteiger partial charge in [0.15, 0.2) is 11.5 Å². The zero-order valence-electron chi connectivity index (χ0n) is 14.5. The van der Waals surface area contributed by atoms with Crippen LogP contribution in [0.4, 0.5) is 0 Å². The molecule has 2 aromatic carbocycles. The largest absolute Gasteiger partial charge is 0.493 e. The summed E-state index contributed by atoms with van der Waals surface area (Å²) in [6, 6.07) is 12.3. The molecular formula is C21H22O3. The lowest BCUT2D eigenvalue weighted by atomic mass is 9.75. The maximum absolute atomic E-state index is 11.0. The molecule has 0 radical (unpaired) electrons. The lowest BCUT2D eigenvalue weighted by Gasteiger charge is -2.33. The van der Waals surface area contributed by atoms with Crippen LogP contribution in [-0.4, -0.2) is 19.3 Å². The van der Waals surface area contributed by atoms with E-state index in [1.165, 1.54) is 22.3 Å². The van der Waals surface area contributed by atoms with Crippen LogP contribution in [0.3, 0.4) is 0 Å². The van der Waals surface area contributed by atoms with Crippen molar-refractivity contribution in [2.45, 2.75) is 31.8 Å². The summed E-state index contributed by atoms with van der Waals surface area (Å²) in [5, 5.41) is 11.0. The Hall–Kier alpha value is -2.26. The Morgan fingerprint density at radius 3 is 2.42 bits per heavy atom. The minimum absolute atomic E-state index is 0.259. The Balaban J connectivity index is 1.99. The quantitative estimate of drug-likeness (QED) is 0.899. The fourth-order valence-electron chi connectivity index (χ4n) is 4.24. The fourth-order valence-corrected chi connectivity index (χ4v) is 4.24. The van der Waals surface area contributed by atoms with Crippen molar-refractivity contribution in [2.24, 2.45) is 0 Å². The maximum Gasteiger partial charge on any atom is 0.161 e. The third-order valence-corrected chi connectivity index (χ3v) is 5.45. The van der Waals surface area contributed by atoms with Crippen LogP contribution in [0.1, 0.15) is 48.4 Å². The number of methoxy groups -OCH3 is 2. The van der Waals surface area contributed by atoms with Gasteiger partial charge in [-0.05, 0) is 46.9 Å². The number of rotatable bonds is 2. The van der Waals surface area contributed by atoms with Crippen LogP contribution in [0.2, 0.25) is 0 Å². The van der Waals surface area contributed by atoms with Crippen LogP contribution in [0.5, 0.6) is 11.5 Å². The van der Waals surface area contributed by atoms with Gasteiger partial charge in [-0.3, -0.25) is 0 Å². The number of ether oxygens (including phenoxy) is 2. The van der Waals surface area contributed by atoms with Gasteiger partial charge in [-0.1, -0.05) is 36.8 Å². The van der Waals surface area contributed by atoms with Gasteiger partial charge >= 0.3 is 0 Å². The number of hydrogen-bond acceptors (Lipinski definition) is 3. The molecule has 0 amide bonds. The molecule has 2 aliphatic rings. The Morgan fingerprint density at radius 2 is 1.71 bits per heavy atom. The molecule has 4 rings (SSSR count). The molecule has 24 heavy (non-hydrogen) atoms. The van der Waals surface area contributed by atoms with Gasteiger partial charge < -0.3 is 14.6 Å². The van der Waals surface area contributed by atoms with Crippen LogP contribution >= 0.6 is 0 Å². The molecule has 2 unspecified atom stereocenters. The molecule has 1 N–H and O–H groups in total. The molecule has 3 heteroatoms. The highest BCUT2D eigenvalue weighted by Gasteiger charge is 2.41. The Labute approximate surface area is 142 Å². The average molecular weight is 322 g/mol. The van der Waals surface area contributed by atoms with Crippen molar-refractivity contribution in [3.8, 4) is 11.5 Å². The lowest BCUT2D eigenvalue weighted by molar-refractivity contribution is 0.0548. The summed E-state index contributed by atoms with van der Waals surface area (Å²) >= 11 is 0. The summed E-state index contributed by atoms with van der Waals surface area (Å²) in [4.78, 5) is 0. The standard InChI is InChI=1S/C21H22O3/c1-12-14-9-18(23-3)19(24-4)10-15(14)20-13-7-5-6-8-17(13)21(2,22)11-16(12)20/h5-10,12,22H,11H2,1-4H3. The van der Waals surface area contributed by atoms with Crippen LogP contribution < -0.4 is 9.47 Å². The minimum Gasteiger partial charge on any atom is -0.493 e. The Morgan fingerprint density at radius 1 is 1.04 bits per heavy atom. The predicted molar refractivity (Wildman–Crippen MR) is 94.6 cm³/mol. The molecular weight excluding hydrogens is 300 g/mol. The van der Waals surface area contributed by atoms with Gasteiger partial charge in [0.1, 0.15) is 0 Å². The van der Waals surface area contributed by atoms with Crippen molar-refractivity contribution in [2.75, 3.05) is 14.2 Å². The van der Waals surface area contributed by atoms with E-state index in [-0.39, 0.29) is 5.92 Å². The predicted octanol–water partition coefficient (Wildman–Crippen LogP) is 4.23. The highest BCUT2D eigenvalue weighted by molar-refractivity contribution is 5.92. The molecule has 0 bridgehead atoms. The van der Waals surface area contributed by atoms with E-state index >= 15 is 0 Å². The van der Waals surface area contributed by atoms with Gasteiger partial charge in [0.25, 0.3) is 0 Å². The average Bonchev–Trinajstić information content (AvgIpc) is 2.85. The number of aliphatic hydroxyl groups is 1. The molecule has 124 valence electrons. The molecule has 0 aromatic heterocycles. The van der Waals surface area contributed by atoms with E-state index < -0.39 is 5.60 Å². The second kappa shape index (κ2) is 5.12. The van der Waals surface area contributed by atoms with Gasteiger partial charge in [-0.2, -0.15) is 0 Å². The van der Waals surface area contributed by atoms with Gasteiger partial charge in [-0.15, -0.1) is 0 Å². The van der Waals surface area contributed by atoms with Crippen molar-refractivity contribution < 1.29 is 14.6 Å². The first-order valence-electron chi connectivity index (χ1n) is 8.29. The normalized spacial score (nSPS) is 24.3. The van der Waals surface area contributed by atoms with E-state index in [1.54, 1.807) is 14.2 Å². The van der Waals surface area contributed by atoms with Crippen LogP contribution in [0.15, 0.2) is 42.0 Å². The highest BCUT2D eigenvalue weighted by Crippen LogP contribution is 2.55. The molecule has 0 spiro atoms. The smallest absolute Gasteiger partial charge is 0.161 e. The van der Waals surface area contributed by atoms with Gasteiger partial charge in [0.05, 0.1) is 19.8 Å². The SMILES string of the molecule is COc1cc2c(cc1OC)C(C)C1=C2c2ccccc2C(C)(O)C1. The first kappa shape index (κ1) is 15.3. The van der Waals surface area contributed by atoms with Crippen LogP contribution in [0.25, 0.3) is 5.57 Å².